The molecule has 1 aliphatic carbocycles. The quantitative estimate of drug-likeness (QED) is 0.715. The largest absolute Gasteiger partial charge is 0.345 e. The molecule has 4 nitrogen and oxygen atoms in total. The summed E-state index contributed by atoms with van der Waals surface area (Å²) in [5.74, 6) is 0.156. The molecule has 1 rings (SSSR count). The van der Waals surface area contributed by atoms with E-state index in [0.29, 0.717) is 12.6 Å². The van der Waals surface area contributed by atoms with Gasteiger partial charge in [0.2, 0.25) is 5.91 Å². The van der Waals surface area contributed by atoms with Crippen molar-refractivity contribution >= 4 is 11.7 Å². The summed E-state index contributed by atoms with van der Waals surface area (Å²) >= 11 is 0. The van der Waals surface area contributed by atoms with Gasteiger partial charge in [-0.3, -0.25) is 14.5 Å². The van der Waals surface area contributed by atoms with Crippen LogP contribution in [-0.4, -0.2) is 41.8 Å². The molecule has 0 bridgehead atoms. The van der Waals surface area contributed by atoms with Crippen LogP contribution in [0, 0.1) is 5.92 Å². The van der Waals surface area contributed by atoms with Gasteiger partial charge in [0.05, 0.1) is 12.6 Å². The van der Waals surface area contributed by atoms with E-state index in [1.54, 1.807) is 0 Å². The maximum Gasteiger partial charge on any atom is 0.234 e. The van der Waals surface area contributed by atoms with E-state index in [1.165, 1.54) is 19.8 Å². The number of rotatable bonds is 8. The van der Waals surface area contributed by atoms with E-state index in [1.807, 2.05) is 13.8 Å². The first-order valence-electron chi connectivity index (χ1n) is 6.99. The van der Waals surface area contributed by atoms with E-state index in [9.17, 15) is 9.59 Å². The predicted molar refractivity (Wildman–Crippen MR) is 72.3 cm³/mol. The molecule has 0 aromatic rings. The second-order valence-corrected chi connectivity index (χ2v) is 5.60. The van der Waals surface area contributed by atoms with Crippen molar-refractivity contribution in [2.75, 3.05) is 13.1 Å². The first kappa shape index (κ1) is 15.2. The Balaban J connectivity index is 2.45. The van der Waals surface area contributed by atoms with Crippen molar-refractivity contribution in [1.29, 1.82) is 0 Å². The molecule has 0 spiro atoms. The van der Waals surface area contributed by atoms with Gasteiger partial charge in [-0.1, -0.05) is 20.8 Å². The van der Waals surface area contributed by atoms with E-state index in [4.69, 9.17) is 0 Å². The monoisotopic (exact) mass is 254 g/mol. The van der Waals surface area contributed by atoms with Crippen LogP contribution in [0.15, 0.2) is 0 Å². The van der Waals surface area contributed by atoms with Gasteiger partial charge in [0.1, 0.15) is 0 Å². The summed E-state index contributed by atoms with van der Waals surface area (Å²) in [6.45, 7) is 8.96. The highest BCUT2D eigenvalue weighted by atomic mass is 16.2. The minimum Gasteiger partial charge on any atom is -0.345 e. The number of hydrogen-bond donors (Lipinski definition) is 1. The third-order valence-electron chi connectivity index (χ3n) is 3.34. The fourth-order valence-corrected chi connectivity index (χ4v) is 2.26. The molecule has 0 aliphatic heterocycles. The van der Waals surface area contributed by atoms with E-state index >= 15 is 0 Å². The molecule has 0 aromatic heterocycles. The standard InChI is InChI=1S/C14H26N2O2/c1-5-8-16(12-6-7-12)9-13(18)15-14(10(2)3)11(4)17/h10,12,14H,5-9H2,1-4H3,(H,15,18). The molecule has 1 unspecified atom stereocenters. The molecule has 0 radical (unpaired) electrons. The van der Waals surface area contributed by atoms with E-state index in [0.717, 1.165) is 13.0 Å². The topological polar surface area (TPSA) is 49.4 Å². The summed E-state index contributed by atoms with van der Waals surface area (Å²) in [6, 6.07) is 0.241. The van der Waals surface area contributed by atoms with Crippen molar-refractivity contribution in [3.05, 3.63) is 0 Å². The lowest BCUT2D eigenvalue weighted by molar-refractivity contribution is -0.128. The summed E-state index contributed by atoms with van der Waals surface area (Å²) in [6.07, 6.45) is 3.46. The molecule has 0 heterocycles. The van der Waals surface area contributed by atoms with Crippen LogP contribution in [-0.2, 0) is 9.59 Å². The van der Waals surface area contributed by atoms with Gasteiger partial charge >= 0.3 is 0 Å². The Hall–Kier alpha value is -0.900. The molecule has 1 fully saturated rings. The Kier molecular flexibility index (Phi) is 5.79. The average molecular weight is 254 g/mol. The van der Waals surface area contributed by atoms with Crippen molar-refractivity contribution < 1.29 is 9.59 Å². The van der Waals surface area contributed by atoms with Crippen LogP contribution in [0.4, 0.5) is 0 Å². The number of carbonyl (C=O) groups excluding carboxylic acids is 2. The molecule has 18 heavy (non-hydrogen) atoms. The molecular weight excluding hydrogens is 228 g/mol. The minimum absolute atomic E-state index is 0.0238. The average Bonchev–Trinajstić information content (AvgIpc) is 3.08. The van der Waals surface area contributed by atoms with Crippen molar-refractivity contribution in [3.8, 4) is 0 Å². The number of ketones is 1. The molecule has 1 N–H and O–H groups in total. The van der Waals surface area contributed by atoms with Gasteiger partial charge in [-0.2, -0.15) is 0 Å². The Morgan fingerprint density at radius 2 is 1.94 bits per heavy atom. The molecule has 1 saturated carbocycles. The highest BCUT2D eigenvalue weighted by Gasteiger charge is 2.30. The fourth-order valence-electron chi connectivity index (χ4n) is 2.26. The van der Waals surface area contributed by atoms with Gasteiger partial charge in [-0.15, -0.1) is 0 Å². The van der Waals surface area contributed by atoms with E-state index in [-0.39, 0.29) is 23.7 Å². The van der Waals surface area contributed by atoms with Crippen LogP contribution >= 0.6 is 0 Å². The van der Waals surface area contributed by atoms with Crippen LogP contribution in [0.2, 0.25) is 0 Å². The molecule has 1 aliphatic rings. The Morgan fingerprint density at radius 1 is 1.33 bits per heavy atom. The number of hydrogen-bond acceptors (Lipinski definition) is 3. The molecule has 0 aromatic carbocycles. The molecule has 1 amide bonds. The van der Waals surface area contributed by atoms with Crippen LogP contribution < -0.4 is 5.32 Å². The van der Waals surface area contributed by atoms with Crippen LogP contribution in [0.5, 0.6) is 0 Å². The predicted octanol–water partition coefficient (Wildman–Crippen LogP) is 1.59. The summed E-state index contributed by atoms with van der Waals surface area (Å²) < 4.78 is 0. The summed E-state index contributed by atoms with van der Waals surface area (Å²) in [7, 11) is 0. The Morgan fingerprint density at radius 3 is 2.33 bits per heavy atom. The number of carbonyl (C=O) groups is 2. The molecule has 0 saturated heterocycles. The zero-order valence-electron chi connectivity index (χ0n) is 12.0. The van der Waals surface area contributed by atoms with Gasteiger partial charge in [0, 0.05) is 6.04 Å². The van der Waals surface area contributed by atoms with Crippen LogP contribution in [0.1, 0.15) is 47.0 Å². The lowest BCUT2D eigenvalue weighted by Crippen LogP contribution is -2.47. The van der Waals surface area contributed by atoms with E-state index in [2.05, 4.69) is 17.1 Å². The lowest BCUT2D eigenvalue weighted by Gasteiger charge is -2.24. The summed E-state index contributed by atoms with van der Waals surface area (Å²) in [5.41, 5.74) is 0. The summed E-state index contributed by atoms with van der Waals surface area (Å²) in [4.78, 5) is 25.7. The van der Waals surface area contributed by atoms with Crippen LogP contribution in [0.3, 0.4) is 0 Å². The molecule has 104 valence electrons. The Bertz CT molecular complexity index is 298. The smallest absolute Gasteiger partial charge is 0.234 e. The fraction of sp³-hybridized carbons (Fsp3) is 0.857. The van der Waals surface area contributed by atoms with E-state index < -0.39 is 0 Å². The maximum atomic E-state index is 12.0. The lowest BCUT2D eigenvalue weighted by atomic mass is 10.0. The van der Waals surface area contributed by atoms with Crippen molar-refractivity contribution in [1.82, 2.24) is 10.2 Å². The highest BCUT2D eigenvalue weighted by Crippen LogP contribution is 2.26. The van der Waals surface area contributed by atoms with Gasteiger partial charge in [-0.25, -0.2) is 0 Å². The second-order valence-electron chi connectivity index (χ2n) is 5.60. The Labute approximate surface area is 110 Å². The van der Waals surface area contributed by atoms with Gasteiger partial charge in [0.25, 0.3) is 0 Å². The number of nitrogens with zero attached hydrogens (tertiary/aromatic N) is 1. The van der Waals surface area contributed by atoms with Crippen molar-refractivity contribution in [2.45, 2.75) is 59.0 Å². The number of amides is 1. The third kappa shape index (κ3) is 4.77. The van der Waals surface area contributed by atoms with Crippen LogP contribution in [0.25, 0.3) is 0 Å². The molecule has 4 heteroatoms. The van der Waals surface area contributed by atoms with Gasteiger partial charge < -0.3 is 5.32 Å². The third-order valence-corrected chi connectivity index (χ3v) is 3.34. The molecular formula is C14H26N2O2. The molecule has 1 atom stereocenters. The first-order chi connectivity index (χ1) is 8.45. The summed E-state index contributed by atoms with van der Waals surface area (Å²) in [5, 5.41) is 2.86. The van der Waals surface area contributed by atoms with Gasteiger partial charge in [-0.05, 0) is 38.6 Å². The zero-order chi connectivity index (χ0) is 13.7. The van der Waals surface area contributed by atoms with Gasteiger partial charge in [0.15, 0.2) is 5.78 Å². The normalized spacial score (nSPS) is 17.0. The first-order valence-corrected chi connectivity index (χ1v) is 6.99. The van der Waals surface area contributed by atoms with Crippen molar-refractivity contribution in [3.63, 3.8) is 0 Å². The van der Waals surface area contributed by atoms with Crippen molar-refractivity contribution in [2.24, 2.45) is 5.92 Å². The highest BCUT2D eigenvalue weighted by molar-refractivity contribution is 5.88. The minimum atomic E-state index is -0.347. The SMILES string of the molecule is CCCN(CC(=O)NC(C(C)=O)C(C)C)C1CC1. The second kappa shape index (κ2) is 6.88. The zero-order valence-corrected chi connectivity index (χ0v) is 12.0. The maximum absolute atomic E-state index is 12.0. The number of nitrogens with one attached hydrogen (secondary N) is 1. The number of Topliss-reactive ketones (excluding diaryl/α,β-unsaturated/α-hetero) is 1.